The van der Waals surface area contributed by atoms with Crippen LogP contribution in [0.25, 0.3) is 0 Å². The third-order valence-corrected chi connectivity index (χ3v) is 8.44. The molecule has 3 rings (SSSR count). The molecule has 0 spiro atoms. The van der Waals surface area contributed by atoms with Gasteiger partial charge in [0.15, 0.2) is 0 Å². The molecule has 3 aromatic rings. The van der Waals surface area contributed by atoms with Crippen molar-refractivity contribution < 1.29 is 35.9 Å². The van der Waals surface area contributed by atoms with Crippen molar-refractivity contribution in [1.82, 2.24) is 10.2 Å². The number of amides is 2. The van der Waals surface area contributed by atoms with Gasteiger partial charge in [-0.3, -0.25) is 13.9 Å². The van der Waals surface area contributed by atoms with Crippen molar-refractivity contribution in [2.24, 2.45) is 5.92 Å². The number of methoxy groups -OCH3 is 1. The molecule has 0 aromatic heterocycles. The van der Waals surface area contributed by atoms with Gasteiger partial charge in [-0.2, -0.15) is 13.2 Å². The van der Waals surface area contributed by atoms with Gasteiger partial charge >= 0.3 is 6.18 Å². The highest BCUT2D eigenvalue weighted by molar-refractivity contribution is 7.92. The molecule has 0 bridgehead atoms. The van der Waals surface area contributed by atoms with E-state index in [4.69, 9.17) is 4.74 Å². The van der Waals surface area contributed by atoms with Crippen molar-refractivity contribution >= 4 is 27.5 Å². The Kier molecular flexibility index (Phi) is 11.2. The van der Waals surface area contributed by atoms with E-state index in [1.165, 1.54) is 42.3 Å². The lowest BCUT2D eigenvalue weighted by Crippen LogP contribution is -2.52. The molecule has 232 valence electrons. The predicted octanol–water partition coefficient (Wildman–Crippen LogP) is 5.49. The minimum atomic E-state index is -4.75. The number of rotatable bonds is 13. The molecule has 0 fully saturated rings. The number of carbonyl (C=O) groups excluding carboxylic acids is 2. The first kappa shape index (κ1) is 33.4. The number of benzene rings is 3. The van der Waals surface area contributed by atoms with E-state index >= 15 is 0 Å². The topological polar surface area (TPSA) is 96.0 Å². The lowest BCUT2D eigenvalue weighted by atomic mass is 10.1. The van der Waals surface area contributed by atoms with Crippen molar-refractivity contribution in [3.8, 4) is 5.75 Å². The van der Waals surface area contributed by atoms with Gasteiger partial charge in [0.25, 0.3) is 10.0 Å². The molecule has 0 aliphatic heterocycles. The molecule has 8 nitrogen and oxygen atoms in total. The van der Waals surface area contributed by atoms with Crippen LogP contribution in [0.1, 0.15) is 38.3 Å². The van der Waals surface area contributed by atoms with Crippen molar-refractivity contribution in [3.05, 3.63) is 90.0 Å². The fraction of sp³-hybridized carbons (Fsp3) is 0.355. The Hall–Kier alpha value is -4.06. The van der Waals surface area contributed by atoms with E-state index in [1.54, 1.807) is 37.3 Å². The highest BCUT2D eigenvalue weighted by Crippen LogP contribution is 2.33. The summed E-state index contributed by atoms with van der Waals surface area (Å²) in [6, 6.07) is 16.7. The summed E-state index contributed by atoms with van der Waals surface area (Å²) in [5.41, 5.74) is -0.769. The first-order valence-corrected chi connectivity index (χ1v) is 15.2. The maximum atomic E-state index is 14.1. The number of carbonyl (C=O) groups is 2. The summed E-state index contributed by atoms with van der Waals surface area (Å²) in [5.74, 6) is -0.471. The normalized spacial score (nSPS) is 12.5. The minimum Gasteiger partial charge on any atom is -0.497 e. The van der Waals surface area contributed by atoms with Gasteiger partial charge in [0.1, 0.15) is 18.3 Å². The van der Waals surface area contributed by atoms with Gasteiger partial charge in [-0.15, -0.1) is 0 Å². The monoisotopic (exact) mass is 619 g/mol. The van der Waals surface area contributed by atoms with Crippen LogP contribution in [0.15, 0.2) is 83.8 Å². The molecule has 0 heterocycles. The molecule has 3 aromatic carbocycles. The number of ether oxygens (including phenoxy) is 1. The van der Waals surface area contributed by atoms with E-state index in [0.717, 1.165) is 12.1 Å². The summed E-state index contributed by atoms with van der Waals surface area (Å²) in [5, 5.41) is 2.83. The Morgan fingerprint density at radius 3 is 2.16 bits per heavy atom. The average Bonchev–Trinajstić information content (AvgIpc) is 2.98. The SMILES string of the molecule is CC[C@@H](C(=O)NCC(C)C)N(Cc1ccc(OC)cc1)C(=O)CN(c1cccc(C(F)(F)F)c1)S(=O)(=O)c1ccccc1. The number of sulfonamides is 1. The van der Waals surface area contributed by atoms with Crippen LogP contribution in [0.5, 0.6) is 5.75 Å². The zero-order valence-corrected chi connectivity index (χ0v) is 25.3. The number of anilines is 1. The molecule has 0 radical (unpaired) electrons. The highest BCUT2D eigenvalue weighted by atomic mass is 32.2. The largest absolute Gasteiger partial charge is 0.497 e. The number of hydrogen-bond donors (Lipinski definition) is 1. The Labute approximate surface area is 250 Å². The first-order chi connectivity index (χ1) is 20.3. The van der Waals surface area contributed by atoms with Crippen molar-refractivity contribution in [2.45, 2.75) is 50.9 Å². The highest BCUT2D eigenvalue weighted by Gasteiger charge is 2.36. The minimum absolute atomic E-state index is 0.0573. The molecule has 12 heteroatoms. The van der Waals surface area contributed by atoms with Crippen molar-refractivity contribution in [1.29, 1.82) is 0 Å². The number of halogens is 3. The Morgan fingerprint density at radius 2 is 1.60 bits per heavy atom. The second kappa shape index (κ2) is 14.4. The summed E-state index contributed by atoms with van der Waals surface area (Å²) < 4.78 is 74.3. The van der Waals surface area contributed by atoms with Crippen LogP contribution in [0.2, 0.25) is 0 Å². The van der Waals surface area contributed by atoms with Gasteiger partial charge < -0.3 is 15.0 Å². The number of alkyl halides is 3. The van der Waals surface area contributed by atoms with Crippen LogP contribution in [-0.2, 0) is 32.3 Å². The molecule has 0 saturated heterocycles. The third kappa shape index (κ3) is 8.73. The second-order valence-electron chi connectivity index (χ2n) is 10.3. The maximum absolute atomic E-state index is 14.1. The molecule has 0 saturated carbocycles. The summed E-state index contributed by atoms with van der Waals surface area (Å²) in [4.78, 5) is 28.4. The molecular weight excluding hydrogens is 583 g/mol. The smallest absolute Gasteiger partial charge is 0.416 e. The summed E-state index contributed by atoms with van der Waals surface area (Å²) in [6.45, 7) is 5.02. The van der Waals surface area contributed by atoms with Crippen LogP contribution >= 0.6 is 0 Å². The molecule has 0 unspecified atom stereocenters. The van der Waals surface area contributed by atoms with E-state index in [9.17, 15) is 31.2 Å². The molecule has 1 atom stereocenters. The maximum Gasteiger partial charge on any atom is 0.416 e. The van der Waals surface area contributed by atoms with Crippen LogP contribution < -0.4 is 14.4 Å². The van der Waals surface area contributed by atoms with E-state index in [-0.39, 0.29) is 29.5 Å². The Bertz CT molecular complexity index is 1480. The zero-order chi connectivity index (χ0) is 31.8. The Balaban J connectivity index is 2.09. The van der Waals surface area contributed by atoms with E-state index in [2.05, 4.69) is 5.32 Å². The molecular formula is C31H36F3N3O5S. The van der Waals surface area contributed by atoms with E-state index in [0.29, 0.717) is 28.2 Å². The average molecular weight is 620 g/mol. The summed E-state index contributed by atoms with van der Waals surface area (Å²) in [7, 11) is -2.99. The lowest BCUT2D eigenvalue weighted by Gasteiger charge is -2.33. The molecule has 0 aliphatic carbocycles. The van der Waals surface area contributed by atoms with Gasteiger partial charge in [-0.05, 0) is 60.4 Å². The number of nitrogens with zero attached hydrogens (tertiary/aromatic N) is 2. The van der Waals surface area contributed by atoms with Crippen LogP contribution in [0.3, 0.4) is 0 Å². The fourth-order valence-electron chi connectivity index (χ4n) is 4.36. The molecule has 0 aliphatic rings. The first-order valence-electron chi connectivity index (χ1n) is 13.7. The summed E-state index contributed by atoms with van der Waals surface area (Å²) >= 11 is 0. The molecule has 43 heavy (non-hydrogen) atoms. The van der Waals surface area contributed by atoms with E-state index in [1.807, 2.05) is 13.8 Å². The standard InChI is InChI=1S/C31H36F3N3O5S/c1-5-28(30(39)35-19-22(2)3)36(20-23-14-16-26(42-4)17-15-23)29(38)21-37(43(40,41)27-12-7-6-8-13-27)25-11-9-10-24(18-25)31(32,33)34/h6-18,22,28H,5,19-21H2,1-4H3,(H,35,39)/t28-/m0/s1. The van der Waals surface area contributed by atoms with Gasteiger partial charge in [0, 0.05) is 13.1 Å². The zero-order valence-electron chi connectivity index (χ0n) is 24.5. The third-order valence-electron chi connectivity index (χ3n) is 6.65. The van der Waals surface area contributed by atoms with Gasteiger partial charge in [-0.1, -0.05) is 57.2 Å². The second-order valence-corrected chi connectivity index (χ2v) is 12.2. The predicted molar refractivity (Wildman–Crippen MR) is 158 cm³/mol. The van der Waals surface area contributed by atoms with Crippen LogP contribution in [0, 0.1) is 5.92 Å². The van der Waals surface area contributed by atoms with Crippen LogP contribution in [-0.4, -0.2) is 51.4 Å². The van der Waals surface area contributed by atoms with Crippen molar-refractivity contribution in [2.75, 3.05) is 24.5 Å². The number of hydrogen-bond acceptors (Lipinski definition) is 5. The quantitative estimate of drug-likeness (QED) is 0.273. The lowest BCUT2D eigenvalue weighted by molar-refractivity contribution is -0.140. The van der Waals surface area contributed by atoms with Crippen LogP contribution in [0.4, 0.5) is 18.9 Å². The molecule has 2 amide bonds. The van der Waals surface area contributed by atoms with Gasteiger partial charge in [0.2, 0.25) is 11.8 Å². The molecule has 1 N–H and O–H groups in total. The number of nitrogens with one attached hydrogen (secondary N) is 1. The van der Waals surface area contributed by atoms with E-state index < -0.39 is 46.2 Å². The van der Waals surface area contributed by atoms with Crippen molar-refractivity contribution in [3.63, 3.8) is 0 Å². The van der Waals surface area contributed by atoms with Gasteiger partial charge in [0.05, 0.1) is 23.3 Å². The summed E-state index contributed by atoms with van der Waals surface area (Å²) in [6.07, 6.45) is -4.54. The Morgan fingerprint density at radius 1 is 0.953 bits per heavy atom. The van der Waals surface area contributed by atoms with Gasteiger partial charge in [-0.25, -0.2) is 8.42 Å². The fourth-order valence-corrected chi connectivity index (χ4v) is 5.78.